The van der Waals surface area contributed by atoms with E-state index in [4.69, 9.17) is 10.00 Å². The monoisotopic (exact) mass is 349 g/mol. The molecule has 0 heterocycles. The van der Waals surface area contributed by atoms with Gasteiger partial charge in [-0.15, -0.1) is 0 Å². The number of benzene rings is 2. The normalized spacial score (nSPS) is 11.6. The van der Waals surface area contributed by atoms with Crippen molar-refractivity contribution in [2.45, 2.75) is 4.90 Å². The third-order valence-corrected chi connectivity index (χ3v) is 4.92. The molecule has 0 fully saturated rings. The van der Waals surface area contributed by atoms with E-state index in [9.17, 15) is 4.21 Å². The first kappa shape index (κ1) is 14.8. The highest BCUT2D eigenvalue weighted by molar-refractivity contribution is 9.10. The third-order valence-electron chi connectivity index (χ3n) is 2.58. The lowest BCUT2D eigenvalue weighted by Crippen LogP contribution is -2.09. The molecular formula is C15H12BrNO2S. The van der Waals surface area contributed by atoms with Crippen LogP contribution in [0.15, 0.2) is 57.9 Å². The van der Waals surface area contributed by atoms with Crippen molar-refractivity contribution in [3.05, 3.63) is 58.6 Å². The van der Waals surface area contributed by atoms with E-state index in [0.29, 0.717) is 23.7 Å². The molecule has 102 valence electrons. The zero-order valence-corrected chi connectivity index (χ0v) is 13.0. The van der Waals surface area contributed by atoms with E-state index >= 15 is 0 Å². The summed E-state index contributed by atoms with van der Waals surface area (Å²) in [5, 5.41) is 8.80. The Bertz CT molecular complexity index is 667. The van der Waals surface area contributed by atoms with E-state index in [1.807, 2.05) is 24.3 Å². The van der Waals surface area contributed by atoms with Crippen LogP contribution in [0.25, 0.3) is 0 Å². The lowest BCUT2D eigenvalue weighted by atomic mass is 10.2. The first-order chi connectivity index (χ1) is 9.70. The summed E-state index contributed by atoms with van der Waals surface area (Å²) >= 11 is 3.38. The molecule has 0 radical (unpaired) electrons. The Balaban J connectivity index is 1.92. The maximum absolute atomic E-state index is 12.1. The molecule has 1 atom stereocenters. The van der Waals surface area contributed by atoms with Crippen molar-refractivity contribution in [3.63, 3.8) is 0 Å². The van der Waals surface area contributed by atoms with Gasteiger partial charge in [0.1, 0.15) is 12.4 Å². The van der Waals surface area contributed by atoms with Crippen LogP contribution in [-0.4, -0.2) is 16.6 Å². The maximum atomic E-state index is 12.1. The highest BCUT2D eigenvalue weighted by Gasteiger charge is 2.07. The summed E-state index contributed by atoms with van der Waals surface area (Å²) in [6, 6.07) is 16.4. The molecule has 0 amide bonds. The van der Waals surface area contributed by atoms with Crippen molar-refractivity contribution in [2.24, 2.45) is 0 Å². The van der Waals surface area contributed by atoms with Gasteiger partial charge < -0.3 is 4.74 Å². The molecule has 0 aliphatic carbocycles. The lowest BCUT2D eigenvalue weighted by molar-refractivity contribution is 0.342. The fraction of sp³-hybridized carbons (Fsp3) is 0.133. The first-order valence-corrected chi connectivity index (χ1v) is 8.08. The van der Waals surface area contributed by atoms with Crippen molar-refractivity contribution < 1.29 is 8.95 Å². The van der Waals surface area contributed by atoms with Gasteiger partial charge in [0.2, 0.25) is 0 Å². The van der Waals surface area contributed by atoms with Crippen molar-refractivity contribution in [3.8, 4) is 11.8 Å². The van der Waals surface area contributed by atoms with E-state index in [2.05, 4.69) is 22.0 Å². The fourth-order valence-electron chi connectivity index (χ4n) is 1.63. The average molecular weight is 350 g/mol. The van der Waals surface area contributed by atoms with Crippen molar-refractivity contribution >= 4 is 26.7 Å². The summed E-state index contributed by atoms with van der Waals surface area (Å²) in [4.78, 5) is 0.766. The highest BCUT2D eigenvalue weighted by Crippen LogP contribution is 2.20. The molecule has 1 unspecified atom stereocenters. The molecule has 0 saturated heterocycles. The molecule has 2 aromatic rings. The molecule has 5 heteroatoms. The van der Waals surface area contributed by atoms with Crippen LogP contribution in [0, 0.1) is 11.3 Å². The summed E-state index contributed by atoms with van der Waals surface area (Å²) in [5.41, 5.74) is 0.550. The molecule has 0 aromatic heterocycles. The van der Waals surface area contributed by atoms with Gasteiger partial charge in [-0.2, -0.15) is 5.26 Å². The number of nitriles is 1. The summed E-state index contributed by atoms with van der Waals surface area (Å²) in [7, 11) is -1.11. The van der Waals surface area contributed by atoms with Gasteiger partial charge >= 0.3 is 0 Å². The van der Waals surface area contributed by atoms with Crippen LogP contribution in [0.1, 0.15) is 5.56 Å². The van der Waals surface area contributed by atoms with E-state index < -0.39 is 10.8 Å². The predicted octanol–water partition coefficient (Wildman–Crippen LogP) is 3.51. The molecule has 3 nitrogen and oxygen atoms in total. The van der Waals surface area contributed by atoms with Crippen LogP contribution in [0.5, 0.6) is 5.75 Å². The molecular weight excluding hydrogens is 338 g/mol. The zero-order valence-electron chi connectivity index (χ0n) is 10.6. The van der Waals surface area contributed by atoms with Gasteiger partial charge in [0.15, 0.2) is 0 Å². The molecule has 0 bridgehead atoms. The number of hydrogen-bond acceptors (Lipinski definition) is 3. The minimum Gasteiger partial charge on any atom is -0.493 e. The molecule has 20 heavy (non-hydrogen) atoms. The standard InChI is InChI=1S/C15H12BrNO2S/c16-14-6-1-2-7-15(14)20(18)9-8-19-13-5-3-4-12(10-13)11-17/h1-7,10H,8-9H2. The van der Waals surface area contributed by atoms with E-state index in [1.165, 1.54) is 0 Å². The summed E-state index contributed by atoms with van der Waals surface area (Å²) < 4.78 is 18.5. The van der Waals surface area contributed by atoms with Crippen LogP contribution in [-0.2, 0) is 10.8 Å². The molecule has 2 aromatic carbocycles. The van der Waals surface area contributed by atoms with Crippen LogP contribution in [0.2, 0.25) is 0 Å². The zero-order chi connectivity index (χ0) is 14.4. The number of rotatable bonds is 5. The third kappa shape index (κ3) is 3.92. The highest BCUT2D eigenvalue weighted by atomic mass is 79.9. The summed E-state index contributed by atoms with van der Waals surface area (Å²) in [5.74, 6) is 1.02. The number of nitrogens with zero attached hydrogens (tertiary/aromatic N) is 1. The second-order valence-corrected chi connectivity index (χ2v) is 6.36. The Hall–Kier alpha value is -1.64. The Kier molecular flexibility index (Phi) is 5.33. The van der Waals surface area contributed by atoms with Crippen LogP contribution >= 0.6 is 15.9 Å². The van der Waals surface area contributed by atoms with Gasteiger partial charge in [0, 0.05) is 4.47 Å². The van der Waals surface area contributed by atoms with Gasteiger partial charge in [0.05, 0.1) is 33.1 Å². The van der Waals surface area contributed by atoms with E-state index in [1.54, 1.807) is 24.3 Å². The van der Waals surface area contributed by atoms with Gasteiger partial charge in [0.25, 0.3) is 0 Å². The summed E-state index contributed by atoms with van der Waals surface area (Å²) in [6.45, 7) is 0.336. The van der Waals surface area contributed by atoms with E-state index in [-0.39, 0.29) is 0 Å². The van der Waals surface area contributed by atoms with Gasteiger partial charge in [-0.05, 0) is 46.3 Å². The molecule has 0 aliphatic rings. The fourth-order valence-corrected chi connectivity index (χ4v) is 3.43. The minimum atomic E-state index is -1.11. The number of halogens is 1. The predicted molar refractivity (Wildman–Crippen MR) is 82.1 cm³/mol. The smallest absolute Gasteiger partial charge is 0.120 e. The second kappa shape index (κ2) is 7.22. The molecule has 0 N–H and O–H groups in total. The molecule has 0 spiro atoms. The van der Waals surface area contributed by atoms with Gasteiger partial charge in [-0.3, -0.25) is 4.21 Å². The molecule has 0 saturated carbocycles. The topological polar surface area (TPSA) is 50.1 Å². The van der Waals surface area contributed by atoms with Crippen molar-refractivity contribution in [2.75, 3.05) is 12.4 Å². The SMILES string of the molecule is N#Cc1cccc(OCCS(=O)c2ccccc2Br)c1. The average Bonchev–Trinajstić information content (AvgIpc) is 2.48. The Labute approximate surface area is 128 Å². The molecule has 0 aliphatic heterocycles. The first-order valence-electron chi connectivity index (χ1n) is 5.96. The van der Waals surface area contributed by atoms with E-state index in [0.717, 1.165) is 9.37 Å². The molecule has 2 rings (SSSR count). The van der Waals surface area contributed by atoms with Crippen molar-refractivity contribution in [1.82, 2.24) is 0 Å². The van der Waals surface area contributed by atoms with Crippen LogP contribution < -0.4 is 4.74 Å². The Morgan fingerprint density at radius 2 is 2.00 bits per heavy atom. The van der Waals surface area contributed by atoms with Gasteiger partial charge in [-0.1, -0.05) is 18.2 Å². The number of hydrogen-bond donors (Lipinski definition) is 0. The minimum absolute atomic E-state index is 0.336. The van der Waals surface area contributed by atoms with Crippen molar-refractivity contribution in [1.29, 1.82) is 5.26 Å². The van der Waals surface area contributed by atoms with Crippen LogP contribution in [0.4, 0.5) is 0 Å². The summed E-state index contributed by atoms with van der Waals surface area (Å²) in [6.07, 6.45) is 0. The maximum Gasteiger partial charge on any atom is 0.120 e. The van der Waals surface area contributed by atoms with Crippen LogP contribution in [0.3, 0.4) is 0 Å². The largest absolute Gasteiger partial charge is 0.493 e. The van der Waals surface area contributed by atoms with Gasteiger partial charge in [-0.25, -0.2) is 0 Å². The quantitative estimate of drug-likeness (QED) is 0.829. The Morgan fingerprint density at radius 1 is 1.20 bits per heavy atom. The lowest BCUT2D eigenvalue weighted by Gasteiger charge is -2.07. The Morgan fingerprint density at radius 3 is 2.75 bits per heavy atom. The second-order valence-electron chi connectivity index (χ2n) is 3.97. The number of ether oxygens (including phenoxy) is 1.